The molecule has 39 heavy (non-hydrogen) atoms. The highest BCUT2D eigenvalue weighted by Gasteiger charge is 2.58. The first kappa shape index (κ1) is 34.4. The lowest BCUT2D eigenvalue weighted by Crippen LogP contribution is -2.66. The summed E-state index contributed by atoms with van der Waals surface area (Å²) >= 11 is 4.76. The van der Waals surface area contributed by atoms with Gasteiger partial charge in [-0.05, 0) is 53.4 Å². The second kappa shape index (κ2) is 16.5. The number of thiol groups is 1. The van der Waals surface area contributed by atoms with Crippen LogP contribution in [0.4, 0.5) is 0 Å². The van der Waals surface area contributed by atoms with Crippen LogP contribution in [0.15, 0.2) is 34.9 Å². The minimum Gasteiger partial charge on any atom is -0.463 e. The van der Waals surface area contributed by atoms with E-state index < -0.39 is 53.2 Å². The monoisotopic (exact) mass is 568 g/mol. The molecule has 9 nitrogen and oxygen atoms in total. The molecule has 0 N–H and O–H groups in total. The number of esters is 4. The standard InChI is InChI=1S/C29H44O9S/c1-18(2)11-9-12-19(3)13-10-14-20(4)15-16-29(39)28(37-24(8)33)27(36-23(7)32)26(35-22(6)31)25(38-29)17-34-21(5)30/h11,13,15,25-28,39H,9-10,12,14,16-17H2,1-8H3/t25-,26-,27+,28-,29+/m1/s1. The number of carbonyl (C=O) groups is 4. The van der Waals surface area contributed by atoms with Gasteiger partial charge in [0.25, 0.3) is 0 Å². The maximum absolute atomic E-state index is 12.1. The molecule has 1 aliphatic rings. The zero-order chi connectivity index (χ0) is 29.8. The van der Waals surface area contributed by atoms with Crippen molar-refractivity contribution in [3.8, 4) is 0 Å². The lowest BCUT2D eigenvalue weighted by Gasteiger charge is -2.49. The van der Waals surface area contributed by atoms with Crippen LogP contribution in [0.5, 0.6) is 0 Å². The summed E-state index contributed by atoms with van der Waals surface area (Å²) in [6.07, 6.45) is 5.51. The van der Waals surface area contributed by atoms with E-state index in [1.54, 1.807) is 0 Å². The Morgan fingerprint density at radius 2 is 1.23 bits per heavy atom. The van der Waals surface area contributed by atoms with Crippen molar-refractivity contribution in [2.45, 2.75) is 117 Å². The van der Waals surface area contributed by atoms with Gasteiger partial charge in [0, 0.05) is 34.1 Å². The quantitative estimate of drug-likeness (QED) is 0.139. The first-order valence-electron chi connectivity index (χ1n) is 13.1. The SMILES string of the molecule is CC(=O)OC[C@H]1O[C@](S)(CC=C(C)CCC=C(C)CCC=C(C)C)[C@H](OC(C)=O)[C@@H](OC(C)=O)[C@@H]1OC(C)=O. The van der Waals surface area contributed by atoms with Crippen LogP contribution >= 0.6 is 12.6 Å². The van der Waals surface area contributed by atoms with Gasteiger partial charge in [0.1, 0.15) is 12.7 Å². The molecule has 1 rings (SSSR count). The normalized spacial score (nSPS) is 25.4. The third-order valence-corrected chi connectivity index (χ3v) is 6.54. The summed E-state index contributed by atoms with van der Waals surface area (Å²) in [5, 5.41) is 0. The molecule has 1 saturated heterocycles. The van der Waals surface area contributed by atoms with Crippen molar-refractivity contribution in [2.24, 2.45) is 0 Å². The van der Waals surface area contributed by atoms with Gasteiger partial charge in [-0.1, -0.05) is 34.9 Å². The average Bonchev–Trinajstić information content (AvgIpc) is 2.80. The molecular formula is C29H44O9S. The summed E-state index contributed by atoms with van der Waals surface area (Å²) in [5.41, 5.74) is 3.69. The molecule has 1 heterocycles. The van der Waals surface area contributed by atoms with Crippen molar-refractivity contribution in [3.05, 3.63) is 34.9 Å². The van der Waals surface area contributed by atoms with Gasteiger partial charge >= 0.3 is 23.9 Å². The van der Waals surface area contributed by atoms with Crippen LogP contribution in [-0.2, 0) is 42.9 Å². The molecule has 0 saturated carbocycles. The molecule has 5 atom stereocenters. The zero-order valence-corrected chi connectivity index (χ0v) is 25.3. The van der Waals surface area contributed by atoms with Gasteiger partial charge < -0.3 is 23.7 Å². The van der Waals surface area contributed by atoms with Crippen LogP contribution in [0.3, 0.4) is 0 Å². The van der Waals surface area contributed by atoms with Crippen molar-refractivity contribution >= 4 is 36.5 Å². The van der Waals surface area contributed by atoms with Gasteiger partial charge in [0.15, 0.2) is 23.2 Å². The van der Waals surface area contributed by atoms with E-state index in [4.69, 9.17) is 36.3 Å². The highest BCUT2D eigenvalue weighted by atomic mass is 32.1. The molecule has 0 aromatic carbocycles. The first-order chi connectivity index (χ1) is 18.1. The molecule has 0 aliphatic carbocycles. The van der Waals surface area contributed by atoms with Gasteiger partial charge in [-0.25, -0.2) is 0 Å². The van der Waals surface area contributed by atoms with Crippen LogP contribution in [0.25, 0.3) is 0 Å². The van der Waals surface area contributed by atoms with E-state index in [1.165, 1.54) is 38.8 Å². The molecule has 0 bridgehead atoms. The third kappa shape index (κ3) is 12.9. The lowest BCUT2D eigenvalue weighted by molar-refractivity contribution is -0.260. The Kier molecular flexibility index (Phi) is 14.6. The Morgan fingerprint density at radius 1 is 0.718 bits per heavy atom. The number of hydrogen-bond acceptors (Lipinski definition) is 10. The fourth-order valence-electron chi connectivity index (χ4n) is 4.18. The van der Waals surface area contributed by atoms with E-state index in [9.17, 15) is 19.2 Å². The fraction of sp³-hybridized carbons (Fsp3) is 0.655. The average molecular weight is 569 g/mol. The number of hydrogen-bond donors (Lipinski definition) is 1. The number of ether oxygens (including phenoxy) is 5. The second-order valence-corrected chi connectivity index (χ2v) is 10.9. The Morgan fingerprint density at radius 3 is 1.74 bits per heavy atom. The van der Waals surface area contributed by atoms with Crippen LogP contribution in [-0.4, -0.2) is 59.8 Å². The molecule has 0 spiro atoms. The van der Waals surface area contributed by atoms with E-state index in [2.05, 4.69) is 32.9 Å². The Hall–Kier alpha value is -2.59. The summed E-state index contributed by atoms with van der Waals surface area (Å²) in [4.78, 5) is 46.0. The van der Waals surface area contributed by atoms with Gasteiger partial charge in [-0.2, -0.15) is 0 Å². The maximum Gasteiger partial charge on any atom is 0.303 e. The second-order valence-electron chi connectivity index (χ2n) is 10.1. The zero-order valence-electron chi connectivity index (χ0n) is 24.4. The van der Waals surface area contributed by atoms with Gasteiger partial charge in [0.05, 0.1) is 0 Å². The molecular weight excluding hydrogens is 524 g/mol. The molecule has 0 radical (unpaired) electrons. The van der Waals surface area contributed by atoms with Gasteiger partial charge in [-0.3, -0.25) is 19.2 Å². The van der Waals surface area contributed by atoms with Crippen molar-refractivity contribution in [2.75, 3.05) is 6.61 Å². The molecule has 0 aromatic heterocycles. The summed E-state index contributed by atoms with van der Waals surface area (Å²) in [7, 11) is 0. The fourth-order valence-corrected chi connectivity index (χ4v) is 4.61. The molecule has 1 aliphatic heterocycles. The van der Waals surface area contributed by atoms with Gasteiger partial charge in [-0.15, -0.1) is 12.6 Å². The van der Waals surface area contributed by atoms with Crippen molar-refractivity contribution in [3.63, 3.8) is 0 Å². The summed E-state index contributed by atoms with van der Waals surface area (Å²) in [6.45, 7) is 12.8. The minimum absolute atomic E-state index is 0.171. The highest BCUT2D eigenvalue weighted by molar-refractivity contribution is 7.81. The summed E-state index contributed by atoms with van der Waals surface area (Å²) in [6, 6.07) is 0. The lowest BCUT2D eigenvalue weighted by atomic mass is 9.91. The van der Waals surface area contributed by atoms with E-state index in [1.807, 2.05) is 13.0 Å². The van der Waals surface area contributed by atoms with Crippen molar-refractivity contribution in [1.82, 2.24) is 0 Å². The third-order valence-electron chi connectivity index (χ3n) is 6.00. The van der Waals surface area contributed by atoms with E-state index in [0.29, 0.717) is 0 Å². The Labute approximate surface area is 237 Å². The Bertz CT molecular complexity index is 964. The van der Waals surface area contributed by atoms with Crippen molar-refractivity contribution < 1.29 is 42.9 Å². The van der Waals surface area contributed by atoms with Crippen molar-refractivity contribution in [1.29, 1.82) is 0 Å². The number of carbonyl (C=O) groups excluding carboxylic acids is 4. The molecule has 1 fully saturated rings. The predicted molar refractivity (Wildman–Crippen MR) is 150 cm³/mol. The van der Waals surface area contributed by atoms with Crippen LogP contribution < -0.4 is 0 Å². The van der Waals surface area contributed by atoms with E-state index >= 15 is 0 Å². The molecule has 220 valence electrons. The summed E-state index contributed by atoms with van der Waals surface area (Å²) < 4.78 is 27.8. The predicted octanol–water partition coefficient (Wildman–Crippen LogP) is 5.18. The smallest absolute Gasteiger partial charge is 0.303 e. The molecule has 0 aromatic rings. The topological polar surface area (TPSA) is 114 Å². The maximum atomic E-state index is 12.1. The first-order valence-corrected chi connectivity index (χ1v) is 13.6. The van der Waals surface area contributed by atoms with Crippen LogP contribution in [0, 0.1) is 0 Å². The Balaban J connectivity index is 3.21. The van der Waals surface area contributed by atoms with Gasteiger partial charge in [0.2, 0.25) is 0 Å². The number of allylic oxidation sites excluding steroid dienone is 5. The largest absolute Gasteiger partial charge is 0.463 e. The highest BCUT2D eigenvalue weighted by Crippen LogP contribution is 2.41. The minimum atomic E-state index is -1.48. The van der Waals surface area contributed by atoms with Crippen LogP contribution in [0.2, 0.25) is 0 Å². The van der Waals surface area contributed by atoms with Crippen LogP contribution in [0.1, 0.15) is 87.5 Å². The van der Waals surface area contributed by atoms with E-state index in [-0.39, 0.29) is 13.0 Å². The molecule has 0 amide bonds. The molecule has 0 unspecified atom stereocenters. The molecule has 10 heteroatoms. The van der Waals surface area contributed by atoms with E-state index in [0.717, 1.165) is 31.3 Å². The number of rotatable bonds is 13. The summed E-state index contributed by atoms with van der Waals surface area (Å²) in [5.74, 6) is -2.59.